The number of ether oxygens (including phenoxy) is 3. The molecule has 2 aromatic carbocycles. The van der Waals surface area contributed by atoms with Crippen LogP contribution in [0, 0.1) is 0 Å². The third-order valence-electron chi connectivity index (χ3n) is 5.07. The van der Waals surface area contributed by atoms with Gasteiger partial charge in [0.2, 0.25) is 0 Å². The number of hydrogen-bond donors (Lipinski definition) is 1. The molecule has 4 rings (SSSR count). The number of methoxy groups -OCH3 is 1. The average molecular weight is 339 g/mol. The minimum absolute atomic E-state index is 0.169. The normalized spacial score (nSPS) is 18.8. The zero-order valence-electron chi connectivity index (χ0n) is 15.1. The zero-order chi connectivity index (χ0) is 17.4. The molecule has 0 aromatic heterocycles. The molecule has 4 heteroatoms. The Hall–Kier alpha value is -2.20. The first-order valence-corrected chi connectivity index (χ1v) is 9.01. The number of nitrogens with one attached hydrogen (secondary N) is 1. The van der Waals surface area contributed by atoms with E-state index in [0.717, 1.165) is 30.2 Å². The van der Waals surface area contributed by atoms with Crippen molar-refractivity contribution in [3.63, 3.8) is 0 Å². The Kier molecular flexibility index (Phi) is 4.30. The Morgan fingerprint density at radius 1 is 1.08 bits per heavy atom. The number of fused-ring (bicyclic) bond motifs is 2. The predicted molar refractivity (Wildman–Crippen MR) is 98.1 cm³/mol. The molecule has 1 N–H and O–H groups in total. The third-order valence-corrected chi connectivity index (χ3v) is 5.07. The fourth-order valence-corrected chi connectivity index (χ4v) is 3.77. The largest absolute Gasteiger partial charge is 0.496 e. The van der Waals surface area contributed by atoms with Crippen LogP contribution in [0.25, 0.3) is 0 Å². The molecule has 1 unspecified atom stereocenters. The van der Waals surface area contributed by atoms with E-state index in [2.05, 4.69) is 49.5 Å². The summed E-state index contributed by atoms with van der Waals surface area (Å²) in [6, 6.07) is 11.0. The van der Waals surface area contributed by atoms with E-state index in [0.29, 0.717) is 19.1 Å². The van der Waals surface area contributed by atoms with Crippen molar-refractivity contribution in [3.05, 3.63) is 52.6 Å². The van der Waals surface area contributed by atoms with Crippen LogP contribution in [0.15, 0.2) is 30.3 Å². The summed E-state index contributed by atoms with van der Waals surface area (Å²) in [5.74, 6) is 3.11. The molecule has 2 aromatic rings. The van der Waals surface area contributed by atoms with Gasteiger partial charge in [0.15, 0.2) is 11.5 Å². The van der Waals surface area contributed by atoms with Gasteiger partial charge in [0.1, 0.15) is 19.0 Å². The fourth-order valence-electron chi connectivity index (χ4n) is 3.77. The van der Waals surface area contributed by atoms with Crippen molar-refractivity contribution in [1.82, 2.24) is 5.32 Å². The average Bonchev–Trinajstić information content (AvgIpc) is 2.65. The molecule has 0 radical (unpaired) electrons. The summed E-state index contributed by atoms with van der Waals surface area (Å²) in [5, 5.41) is 3.66. The Bertz CT molecular complexity index is 785. The molecule has 4 nitrogen and oxygen atoms in total. The van der Waals surface area contributed by atoms with Crippen molar-refractivity contribution in [1.29, 1.82) is 0 Å². The Morgan fingerprint density at radius 2 is 1.84 bits per heavy atom. The molecule has 0 fully saturated rings. The van der Waals surface area contributed by atoms with Gasteiger partial charge in [0, 0.05) is 6.54 Å². The fraction of sp³-hybridized carbons (Fsp3) is 0.429. The second kappa shape index (κ2) is 6.60. The molecule has 2 aliphatic heterocycles. The lowest BCUT2D eigenvalue weighted by molar-refractivity contribution is 0.171. The van der Waals surface area contributed by atoms with Crippen LogP contribution >= 0.6 is 0 Å². The number of rotatable bonds is 3. The first kappa shape index (κ1) is 16.3. The predicted octanol–water partition coefficient (Wildman–Crippen LogP) is 3.82. The number of benzene rings is 2. The van der Waals surface area contributed by atoms with Crippen molar-refractivity contribution in [2.75, 3.05) is 26.9 Å². The minimum atomic E-state index is 0.169. The summed E-state index contributed by atoms with van der Waals surface area (Å²) in [7, 11) is 1.73. The summed E-state index contributed by atoms with van der Waals surface area (Å²) in [4.78, 5) is 0. The van der Waals surface area contributed by atoms with Crippen LogP contribution in [0.5, 0.6) is 17.2 Å². The van der Waals surface area contributed by atoms with E-state index in [1.54, 1.807) is 7.11 Å². The highest BCUT2D eigenvalue weighted by molar-refractivity contribution is 5.53. The van der Waals surface area contributed by atoms with Crippen LogP contribution in [-0.4, -0.2) is 26.9 Å². The molecule has 2 aliphatic rings. The maximum atomic E-state index is 5.80. The first-order valence-electron chi connectivity index (χ1n) is 9.01. The van der Waals surface area contributed by atoms with Crippen LogP contribution < -0.4 is 19.5 Å². The highest BCUT2D eigenvalue weighted by Gasteiger charge is 2.26. The SMILES string of the molecule is COc1ccc(C2NCCc3cc4c(cc32)OCCO4)cc1C(C)C. The van der Waals surface area contributed by atoms with Gasteiger partial charge in [-0.05, 0) is 58.9 Å². The van der Waals surface area contributed by atoms with Gasteiger partial charge < -0.3 is 19.5 Å². The quantitative estimate of drug-likeness (QED) is 0.923. The molecule has 0 aliphatic carbocycles. The Balaban J connectivity index is 1.77. The molecule has 0 saturated carbocycles. The van der Waals surface area contributed by atoms with Crippen molar-refractivity contribution in [3.8, 4) is 17.2 Å². The van der Waals surface area contributed by atoms with Crippen LogP contribution in [0.1, 0.15) is 48.1 Å². The topological polar surface area (TPSA) is 39.7 Å². The van der Waals surface area contributed by atoms with Crippen LogP contribution in [0.4, 0.5) is 0 Å². The molecule has 2 heterocycles. The first-order chi connectivity index (χ1) is 12.2. The van der Waals surface area contributed by atoms with Crippen LogP contribution in [0.3, 0.4) is 0 Å². The van der Waals surface area contributed by atoms with E-state index in [1.807, 2.05) is 0 Å². The number of hydrogen-bond acceptors (Lipinski definition) is 4. The summed E-state index contributed by atoms with van der Waals surface area (Å²) >= 11 is 0. The van der Waals surface area contributed by atoms with Crippen molar-refractivity contribution in [2.45, 2.75) is 32.2 Å². The highest BCUT2D eigenvalue weighted by Crippen LogP contribution is 2.40. The van der Waals surface area contributed by atoms with E-state index in [4.69, 9.17) is 14.2 Å². The smallest absolute Gasteiger partial charge is 0.161 e. The lowest BCUT2D eigenvalue weighted by Crippen LogP contribution is -2.31. The van der Waals surface area contributed by atoms with Gasteiger partial charge in [-0.2, -0.15) is 0 Å². The molecule has 0 amide bonds. The monoisotopic (exact) mass is 339 g/mol. The van der Waals surface area contributed by atoms with Crippen molar-refractivity contribution >= 4 is 0 Å². The van der Waals surface area contributed by atoms with Gasteiger partial charge in [0.05, 0.1) is 13.2 Å². The van der Waals surface area contributed by atoms with E-state index in [1.165, 1.54) is 22.3 Å². The van der Waals surface area contributed by atoms with Gasteiger partial charge >= 0.3 is 0 Å². The van der Waals surface area contributed by atoms with Gasteiger partial charge in [-0.3, -0.25) is 0 Å². The molecule has 0 saturated heterocycles. The third kappa shape index (κ3) is 2.95. The second-order valence-electron chi connectivity index (χ2n) is 6.99. The molecule has 25 heavy (non-hydrogen) atoms. The molecule has 1 atom stereocenters. The zero-order valence-corrected chi connectivity index (χ0v) is 15.1. The summed E-state index contributed by atoms with van der Waals surface area (Å²) in [6.45, 7) is 6.60. The van der Waals surface area contributed by atoms with E-state index in [9.17, 15) is 0 Å². The molecule has 0 spiro atoms. The van der Waals surface area contributed by atoms with Gasteiger partial charge in [-0.1, -0.05) is 19.9 Å². The van der Waals surface area contributed by atoms with Crippen molar-refractivity contribution in [2.24, 2.45) is 0 Å². The second-order valence-corrected chi connectivity index (χ2v) is 6.99. The minimum Gasteiger partial charge on any atom is -0.496 e. The van der Waals surface area contributed by atoms with Crippen molar-refractivity contribution < 1.29 is 14.2 Å². The molecular weight excluding hydrogens is 314 g/mol. The summed E-state index contributed by atoms with van der Waals surface area (Å²) in [5.41, 5.74) is 5.14. The van der Waals surface area contributed by atoms with E-state index < -0.39 is 0 Å². The molecule has 0 bridgehead atoms. The van der Waals surface area contributed by atoms with Crippen LogP contribution in [-0.2, 0) is 6.42 Å². The maximum absolute atomic E-state index is 5.80. The molecule has 132 valence electrons. The molecular formula is C21H25NO3. The highest BCUT2D eigenvalue weighted by atomic mass is 16.6. The summed E-state index contributed by atoms with van der Waals surface area (Å²) < 4.78 is 17.1. The van der Waals surface area contributed by atoms with E-state index >= 15 is 0 Å². The standard InChI is InChI=1S/C21H25NO3/c1-13(2)16-10-15(4-5-18(16)23-3)21-17-12-20-19(24-8-9-25-20)11-14(17)6-7-22-21/h4-5,10-13,21-22H,6-9H2,1-3H3. The van der Waals surface area contributed by atoms with E-state index in [-0.39, 0.29) is 6.04 Å². The lowest BCUT2D eigenvalue weighted by Gasteiger charge is -2.30. The Morgan fingerprint density at radius 3 is 2.56 bits per heavy atom. The van der Waals surface area contributed by atoms with Gasteiger partial charge in [0.25, 0.3) is 0 Å². The van der Waals surface area contributed by atoms with Crippen LogP contribution in [0.2, 0.25) is 0 Å². The summed E-state index contributed by atoms with van der Waals surface area (Å²) in [6.07, 6.45) is 1.01. The van der Waals surface area contributed by atoms with Gasteiger partial charge in [-0.15, -0.1) is 0 Å². The lowest BCUT2D eigenvalue weighted by atomic mass is 9.87. The van der Waals surface area contributed by atoms with Gasteiger partial charge in [-0.25, -0.2) is 0 Å². The Labute approximate surface area is 149 Å². The maximum Gasteiger partial charge on any atom is 0.161 e.